The Labute approximate surface area is 175 Å². The highest BCUT2D eigenvalue weighted by Crippen LogP contribution is 2.29. The molecule has 3 heterocycles. The summed E-state index contributed by atoms with van der Waals surface area (Å²) in [5.41, 5.74) is 1.18. The molecular weight excluding hydrogens is 410 g/mol. The molecule has 0 amide bonds. The van der Waals surface area contributed by atoms with Gasteiger partial charge in [-0.25, -0.2) is 18.2 Å². The number of fused-ring (bicyclic) bond motifs is 1. The molecule has 0 spiro atoms. The predicted molar refractivity (Wildman–Crippen MR) is 108 cm³/mol. The number of carbonyl (C=O) groups is 1. The molecule has 2 aromatic rings. The average Bonchev–Trinajstić information content (AvgIpc) is 3.20. The number of esters is 1. The van der Waals surface area contributed by atoms with Gasteiger partial charge in [-0.1, -0.05) is 18.2 Å². The van der Waals surface area contributed by atoms with Gasteiger partial charge in [0.1, 0.15) is 22.6 Å². The molecule has 0 saturated carbocycles. The number of hydrogen-bond donors (Lipinski definition) is 1. The van der Waals surface area contributed by atoms with Crippen LogP contribution in [0.5, 0.6) is 5.75 Å². The largest absolute Gasteiger partial charge is 0.488 e. The molecule has 10 heteroatoms. The van der Waals surface area contributed by atoms with Crippen LogP contribution in [0.4, 0.5) is 5.82 Å². The van der Waals surface area contributed by atoms with E-state index in [1.165, 1.54) is 23.7 Å². The second kappa shape index (κ2) is 8.58. The number of ether oxygens (including phenoxy) is 3. The van der Waals surface area contributed by atoms with Gasteiger partial charge in [0.2, 0.25) is 10.0 Å². The Morgan fingerprint density at radius 1 is 1.30 bits per heavy atom. The zero-order valence-electron chi connectivity index (χ0n) is 16.5. The maximum Gasteiger partial charge on any atom is 0.339 e. The highest BCUT2D eigenvalue weighted by molar-refractivity contribution is 7.89. The number of methoxy groups -OCH3 is 1. The normalized spacial score (nSPS) is 19.0. The minimum atomic E-state index is -3.88. The molecule has 1 atom stereocenters. The number of aromatic nitrogens is 1. The number of carbonyl (C=O) groups excluding carboxylic acids is 1. The van der Waals surface area contributed by atoms with Crippen LogP contribution in [0, 0.1) is 0 Å². The number of rotatable bonds is 6. The lowest BCUT2D eigenvalue weighted by Crippen LogP contribution is -2.41. The first-order valence-electron chi connectivity index (χ1n) is 9.63. The topological polar surface area (TPSA) is 107 Å². The first-order valence-corrected chi connectivity index (χ1v) is 11.1. The summed E-state index contributed by atoms with van der Waals surface area (Å²) < 4.78 is 43.7. The van der Waals surface area contributed by atoms with Crippen LogP contribution in [0.25, 0.3) is 0 Å². The van der Waals surface area contributed by atoms with Crippen molar-refractivity contribution in [1.29, 1.82) is 0 Å². The Morgan fingerprint density at radius 2 is 2.07 bits per heavy atom. The Kier molecular flexibility index (Phi) is 5.89. The number of hydrogen-bond acceptors (Lipinski definition) is 8. The van der Waals surface area contributed by atoms with Gasteiger partial charge in [0.25, 0.3) is 0 Å². The van der Waals surface area contributed by atoms with Crippen molar-refractivity contribution in [1.82, 2.24) is 9.29 Å². The number of nitrogens with one attached hydrogen (secondary N) is 1. The van der Waals surface area contributed by atoms with E-state index >= 15 is 0 Å². The van der Waals surface area contributed by atoms with E-state index in [9.17, 15) is 13.2 Å². The molecule has 2 aliphatic heterocycles. The molecule has 30 heavy (non-hydrogen) atoms. The lowest BCUT2D eigenvalue weighted by molar-refractivity contribution is 0.0600. The summed E-state index contributed by atoms with van der Waals surface area (Å²) in [7, 11) is -2.64. The molecule has 1 saturated heterocycles. The monoisotopic (exact) mass is 433 g/mol. The highest BCUT2D eigenvalue weighted by atomic mass is 32.2. The quantitative estimate of drug-likeness (QED) is 0.680. The van der Waals surface area contributed by atoms with Crippen molar-refractivity contribution in [3.63, 3.8) is 0 Å². The highest BCUT2D eigenvalue weighted by Gasteiger charge is 2.31. The molecule has 2 aliphatic rings. The smallest absolute Gasteiger partial charge is 0.339 e. The van der Waals surface area contributed by atoms with Crippen LogP contribution in [-0.2, 0) is 25.9 Å². The number of sulfonamides is 1. The minimum Gasteiger partial charge on any atom is -0.488 e. The summed E-state index contributed by atoms with van der Waals surface area (Å²) in [6.45, 7) is 1.49. The van der Waals surface area contributed by atoms with Crippen molar-refractivity contribution >= 4 is 21.8 Å². The van der Waals surface area contributed by atoms with E-state index in [1.807, 2.05) is 24.3 Å². The first-order chi connectivity index (χ1) is 14.5. The molecule has 160 valence electrons. The summed E-state index contributed by atoms with van der Waals surface area (Å²) in [5.74, 6) is 0.357. The lowest BCUT2D eigenvalue weighted by atomic mass is 10.1. The molecule has 0 aliphatic carbocycles. The standard InChI is InChI=1S/C20H23N3O6S/c1-27-20(24)15-11-18(30(25,26)23-6-8-28-9-7-23)19(21-12-15)22-13-16-10-14-4-2-3-5-17(14)29-16/h2-5,11-12,16H,6-10,13H2,1H3,(H,21,22). The molecule has 1 N–H and O–H groups in total. The van der Waals surface area contributed by atoms with Gasteiger partial charge in [-0.3, -0.25) is 0 Å². The van der Waals surface area contributed by atoms with Crippen LogP contribution in [0.15, 0.2) is 41.4 Å². The van der Waals surface area contributed by atoms with E-state index in [0.29, 0.717) is 19.8 Å². The Bertz CT molecular complexity index is 1010. The van der Waals surface area contributed by atoms with Gasteiger partial charge in [-0.15, -0.1) is 0 Å². The maximum atomic E-state index is 13.3. The van der Waals surface area contributed by atoms with Gasteiger partial charge >= 0.3 is 5.97 Å². The van der Waals surface area contributed by atoms with Gasteiger partial charge in [0.05, 0.1) is 32.4 Å². The summed E-state index contributed by atoms with van der Waals surface area (Å²) in [6, 6.07) is 9.09. The van der Waals surface area contributed by atoms with Crippen LogP contribution in [0.1, 0.15) is 15.9 Å². The van der Waals surface area contributed by atoms with Crippen LogP contribution >= 0.6 is 0 Å². The zero-order chi connectivity index (χ0) is 21.1. The van der Waals surface area contributed by atoms with E-state index in [4.69, 9.17) is 14.2 Å². The fourth-order valence-electron chi connectivity index (χ4n) is 3.51. The van der Waals surface area contributed by atoms with E-state index in [0.717, 1.165) is 17.7 Å². The molecule has 4 rings (SSSR count). The third kappa shape index (κ3) is 4.11. The van der Waals surface area contributed by atoms with Gasteiger partial charge in [-0.2, -0.15) is 4.31 Å². The number of pyridine rings is 1. The average molecular weight is 433 g/mol. The lowest BCUT2D eigenvalue weighted by Gasteiger charge is -2.27. The van der Waals surface area contributed by atoms with Gasteiger partial charge in [0.15, 0.2) is 0 Å². The molecule has 0 bridgehead atoms. The number of benzene rings is 1. The van der Waals surface area contributed by atoms with E-state index in [2.05, 4.69) is 10.3 Å². The predicted octanol–water partition coefficient (Wildman–Crippen LogP) is 1.30. The fraction of sp³-hybridized carbons (Fsp3) is 0.400. The second-order valence-electron chi connectivity index (χ2n) is 7.01. The van der Waals surface area contributed by atoms with Crippen LogP contribution in [-0.4, -0.2) is 69.7 Å². The summed E-state index contributed by atoms with van der Waals surface area (Å²) in [4.78, 5) is 16.1. The number of morpholine rings is 1. The Balaban J connectivity index is 1.58. The Morgan fingerprint density at radius 3 is 2.80 bits per heavy atom. The van der Waals surface area contributed by atoms with Crippen LogP contribution < -0.4 is 10.1 Å². The van der Waals surface area contributed by atoms with E-state index in [-0.39, 0.29) is 35.5 Å². The molecule has 9 nitrogen and oxygen atoms in total. The van der Waals surface area contributed by atoms with Gasteiger partial charge in [0, 0.05) is 25.7 Å². The van der Waals surface area contributed by atoms with Crippen LogP contribution in [0.2, 0.25) is 0 Å². The van der Waals surface area contributed by atoms with Crippen molar-refractivity contribution in [3.05, 3.63) is 47.7 Å². The van der Waals surface area contributed by atoms with Crippen molar-refractivity contribution < 1.29 is 27.4 Å². The van der Waals surface area contributed by atoms with Crippen molar-refractivity contribution in [2.75, 3.05) is 45.3 Å². The molecule has 1 aromatic heterocycles. The van der Waals surface area contributed by atoms with E-state index < -0.39 is 16.0 Å². The molecule has 1 unspecified atom stereocenters. The van der Waals surface area contributed by atoms with E-state index in [1.54, 1.807) is 0 Å². The summed E-state index contributed by atoms with van der Waals surface area (Å²) in [5, 5.41) is 3.09. The molecule has 1 aromatic carbocycles. The first kappa shape index (κ1) is 20.6. The van der Waals surface area contributed by atoms with Crippen LogP contribution in [0.3, 0.4) is 0 Å². The van der Waals surface area contributed by atoms with Gasteiger partial charge in [-0.05, 0) is 17.7 Å². The summed E-state index contributed by atoms with van der Waals surface area (Å²) in [6.07, 6.45) is 1.87. The number of para-hydroxylation sites is 1. The third-order valence-electron chi connectivity index (χ3n) is 5.07. The molecular formula is C20H23N3O6S. The summed E-state index contributed by atoms with van der Waals surface area (Å²) >= 11 is 0. The molecule has 0 radical (unpaired) electrons. The fourth-order valence-corrected chi connectivity index (χ4v) is 5.06. The maximum absolute atomic E-state index is 13.3. The number of anilines is 1. The number of nitrogens with zero attached hydrogens (tertiary/aromatic N) is 2. The minimum absolute atomic E-state index is 0.0668. The van der Waals surface area contributed by atoms with Crippen molar-refractivity contribution in [2.24, 2.45) is 0 Å². The zero-order valence-corrected chi connectivity index (χ0v) is 17.4. The van der Waals surface area contributed by atoms with Crippen molar-refractivity contribution in [3.8, 4) is 5.75 Å². The molecule has 1 fully saturated rings. The Hall–Kier alpha value is -2.69. The second-order valence-corrected chi connectivity index (χ2v) is 8.92. The van der Waals surface area contributed by atoms with Gasteiger partial charge < -0.3 is 19.5 Å². The SMILES string of the molecule is COC(=O)c1cnc(NCC2Cc3ccccc3O2)c(S(=O)(=O)N2CCOCC2)c1. The third-order valence-corrected chi connectivity index (χ3v) is 6.98. The van der Waals surface area contributed by atoms with Crippen molar-refractivity contribution in [2.45, 2.75) is 17.4 Å².